The number of halogens is 1. The number of aryl methyl sites for hydroxylation is 1. The normalized spacial score (nSPS) is 12.6. The van der Waals surface area contributed by atoms with Crippen molar-refractivity contribution in [1.29, 1.82) is 0 Å². The fourth-order valence-corrected chi connectivity index (χ4v) is 1.36. The Morgan fingerprint density at radius 2 is 2.38 bits per heavy atom. The van der Waals surface area contributed by atoms with Crippen molar-refractivity contribution in [2.75, 3.05) is 7.05 Å². The molecular formula is C8H12ClN3O. The van der Waals surface area contributed by atoms with Crippen LogP contribution in [-0.4, -0.2) is 22.7 Å². The lowest BCUT2D eigenvalue weighted by atomic mass is 10.2. The van der Waals surface area contributed by atoms with E-state index in [1.807, 2.05) is 14.0 Å². The van der Waals surface area contributed by atoms with Crippen LogP contribution in [0.2, 0.25) is 0 Å². The van der Waals surface area contributed by atoms with Gasteiger partial charge in [-0.1, -0.05) is 0 Å². The Kier molecular flexibility index (Phi) is 2.93. The molecule has 0 radical (unpaired) electrons. The zero-order valence-corrected chi connectivity index (χ0v) is 8.59. The first-order valence-corrected chi connectivity index (χ1v) is 4.35. The number of nitrogens with zero attached hydrogens (tertiary/aromatic N) is 2. The van der Waals surface area contributed by atoms with Gasteiger partial charge in [-0.15, -0.1) is 11.6 Å². The summed E-state index contributed by atoms with van der Waals surface area (Å²) >= 11 is 5.91. The van der Waals surface area contributed by atoms with Crippen molar-refractivity contribution in [3.8, 4) is 0 Å². The molecule has 4 nitrogen and oxygen atoms in total. The second-order valence-corrected chi connectivity index (χ2v) is 3.22. The van der Waals surface area contributed by atoms with Crippen LogP contribution in [0.5, 0.6) is 0 Å². The number of aromatic nitrogens is 2. The van der Waals surface area contributed by atoms with Gasteiger partial charge in [0.05, 0.1) is 6.20 Å². The number of nitrogens with one attached hydrogen (secondary N) is 1. The van der Waals surface area contributed by atoms with E-state index in [9.17, 15) is 4.79 Å². The van der Waals surface area contributed by atoms with Gasteiger partial charge in [0.1, 0.15) is 5.38 Å². The summed E-state index contributed by atoms with van der Waals surface area (Å²) in [6, 6.07) is 0. The average Bonchev–Trinajstić information content (AvgIpc) is 2.45. The maximum atomic E-state index is 11.2. The molecule has 0 fully saturated rings. The zero-order valence-electron chi connectivity index (χ0n) is 7.84. The largest absolute Gasteiger partial charge is 0.358 e. The highest BCUT2D eigenvalue weighted by Gasteiger charge is 2.20. The molecule has 1 atom stereocenters. The zero-order chi connectivity index (χ0) is 10.0. The minimum absolute atomic E-state index is 0.210. The van der Waals surface area contributed by atoms with Gasteiger partial charge in [-0.05, 0) is 6.92 Å². The molecule has 1 N–H and O–H groups in total. The molecule has 72 valence electrons. The first-order valence-electron chi connectivity index (χ1n) is 3.92. The molecular weight excluding hydrogens is 190 g/mol. The smallest absolute Gasteiger partial charge is 0.242 e. The number of rotatable bonds is 2. The summed E-state index contributed by atoms with van der Waals surface area (Å²) in [7, 11) is 3.37. The predicted octanol–water partition coefficient (Wildman–Crippen LogP) is 0.754. The van der Waals surface area contributed by atoms with Crippen LogP contribution < -0.4 is 5.32 Å². The Morgan fingerprint density at radius 3 is 2.77 bits per heavy atom. The topological polar surface area (TPSA) is 46.9 Å². The Balaban J connectivity index is 2.95. The maximum Gasteiger partial charge on any atom is 0.242 e. The van der Waals surface area contributed by atoms with Gasteiger partial charge in [0.25, 0.3) is 0 Å². The van der Waals surface area contributed by atoms with Crippen molar-refractivity contribution in [2.45, 2.75) is 12.3 Å². The minimum Gasteiger partial charge on any atom is -0.358 e. The number of hydrogen-bond donors (Lipinski definition) is 1. The summed E-state index contributed by atoms with van der Waals surface area (Å²) in [5.41, 5.74) is 1.66. The number of likely N-dealkylation sites (N-methyl/N-ethyl adjacent to an activating group) is 1. The quantitative estimate of drug-likeness (QED) is 0.718. The van der Waals surface area contributed by atoms with Crippen LogP contribution in [0.4, 0.5) is 0 Å². The molecule has 1 aromatic heterocycles. The van der Waals surface area contributed by atoms with Crippen LogP contribution in [0.15, 0.2) is 6.20 Å². The lowest BCUT2D eigenvalue weighted by molar-refractivity contribution is -0.120. The number of hydrogen-bond acceptors (Lipinski definition) is 2. The molecule has 1 amide bonds. The lowest BCUT2D eigenvalue weighted by Crippen LogP contribution is -2.22. The lowest BCUT2D eigenvalue weighted by Gasteiger charge is -2.06. The highest BCUT2D eigenvalue weighted by atomic mass is 35.5. The first-order chi connectivity index (χ1) is 6.07. The van der Waals surface area contributed by atoms with Crippen molar-refractivity contribution in [3.05, 3.63) is 17.5 Å². The molecule has 0 bridgehead atoms. The summed E-state index contributed by atoms with van der Waals surface area (Å²) in [5.74, 6) is -0.210. The van der Waals surface area contributed by atoms with Crippen molar-refractivity contribution >= 4 is 17.5 Å². The fourth-order valence-electron chi connectivity index (χ4n) is 1.03. The number of carbonyl (C=O) groups is 1. The van der Waals surface area contributed by atoms with E-state index >= 15 is 0 Å². The van der Waals surface area contributed by atoms with Crippen LogP contribution in [-0.2, 0) is 11.8 Å². The Morgan fingerprint density at radius 1 is 1.77 bits per heavy atom. The molecule has 0 aliphatic rings. The van der Waals surface area contributed by atoms with E-state index in [2.05, 4.69) is 10.4 Å². The van der Waals surface area contributed by atoms with E-state index < -0.39 is 5.38 Å². The van der Waals surface area contributed by atoms with Crippen LogP contribution in [0.3, 0.4) is 0 Å². The van der Waals surface area contributed by atoms with Gasteiger partial charge in [0.15, 0.2) is 0 Å². The molecule has 0 aliphatic carbocycles. The van der Waals surface area contributed by atoms with Gasteiger partial charge in [-0.25, -0.2) is 0 Å². The summed E-state index contributed by atoms with van der Waals surface area (Å²) in [5, 5.41) is 5.84. The average molecular weight is 202 g/mol. The van der Waals surface area contributed by atoms with Crippen molar-refractivity contribution in [1.82, 2.24) is 15.1 Å². The summed E-state index contributed by atoms with van der Waals surface area (Å²) in [6.07, 6.45) is 1.61. The van der Waals surface area contributed by atoms with Crippen molar-refractivity contribution in [3.63, 3.8) is 0 Å². The van der Waals surface area contributed by atoms with E-state index in [1.165, 1.54) is 0 Å². The molecule has 5 heteroatoms. The third-order valence-corrected chi connectivity index (χ3v) is 2.46. The van der Waals surface area contributed by atoms with Gasteiger partial charge in [-0.3, -0.25) is 9.48 Å². The number of carbonyl (C=O) groups excluding carboxylic acids is 1. The molecule has 1 rings (SSSR count). The highest BCUT2D eigenvalue weighted by molar-refractivity contribution is 6.30. The van der Waals surface area contributed by atoms with E-state index in [0.717, 1.165) is 11.3 Å². The molecule has 0 spiro atoms. The molecule has 0 saturated carbocycles. The van der Waals surface area contributed by atoms with Crippen LogP contribution in [0.25, 0.3) is 0 Å². The van der Waals surface area contributed by atoms with E-state index in [0.29, 0.717) is 0 Å². The van der Waals surface area contributed by atoms with Crippen molar-refractivity contribution < 1.29 is 4.79 Å². The van der Waals surface area contributed by atoms with Gasteiger partial charge < -0.3 is 5.32 Å². The fraction of sp³-hybridized carbons (Fsp3) is 0.500. The summed E-state index contributed by atoms with van der Waals surface area (Å²) in [6.45, 7) is 1.88. The molecule has 1 heterocycles. The monoisotopic (exact) mass is 201 g/mol. The molecule has 13 heavy (non-hydrogen) atoms. The van der Waals surface area contributed by atoms with Gasteiger partial charge >= 0.3 is 0 Å². The van der Waals surface area contributed by atoms with Gasteiger partial charge in [-0.2, -0.15) is 5.10 Å². The molecule has 1 aromatic rings. The Bertz CT molecular complexity index is 321. The van der Waals surface area contributed by atoms with E-state index in [1.54, 1.807) is 17.9 Å². The molecule has 0 aliphatic heterocycles. The molecule has 0 saturated heterocycles. The minimum atomic E-state index is -0.654. The van der Waals surface area contributed by atoms with E-state index in [-0.39, 0.29) is 5.91 Å². The molecule has 1 unspecified atom stereocenters. The highest BCUT2D eigenvalue weighted by Crippen LogP contribution is 2.22. The van der Waals surface area contributed by atoms with Crippen LogP contribution in [0.1, 0.15) is 16.6 Å². The predicted molar refractivity (Wildman–Crippen MR) is 50.6 cm³/mol. The Hall–Kier alpha value is -1.03. The summed E-state index contributed by atoms with van der Waals surface area (Å²) < 4.78 is 1.69. The second kappa shape index (κ2) is 3.79. The van der Waals surface area contributed by atoms with Crippen LogP contribution in [0, 0.1) is 6.92 Å². The van der Waals surface area contributed by atoms with Crippen LogP contribution >= 0.6 is 11.6 Å². The van der Waals surface area contributed by atoms with Gasteiger partial charge in [0.2, 0.25) is 5.91 Å². The van der Waals surface area contributed by atoms with E-state index in [4.69, 9.17) is 11.6 Å². The van der Waals surface area contributed by atoms with Crippen molar-refractivity contribution in [2.24, 2.45) is 7.05 Å². The second-order valence-electron chi connectivity index (χ2n) is 2.79. The SMILES string of the molecule is CNC(=O)C(Cl)c1cnn(C)c1C. The number of amides is 1. The maximum absolute atomic E-state index is 11.2. The third kappa shape index (κ3) is 1.83. The number of alkyl halides is 1. The standard InChI is InChI=1S/C8H12ClN3O/c1-5-6(4-11-12(5)3)7(9)8(13)10-2/h4,7H,1-3H3,(H,10,13). The third-order valence-electron chi connectivity index (χ3n) is 2.02. The first kappa shape index (κ1) is 10.1. The Labute approximate surface area is 81.9 Å². The summed E-state index contributed by atoms with van der Waals surface area (Å²) in [4.78, 5) is 11.2. The molecule has 0 aromatic carbocycles. The van der Waals surface area contributed by atoms with Gasteiger partial charge in [0, 0.05) is 25.4 Å².